The zero-order valence-corrected chi connectivity index (χ0v) is 31.8. The Hall–Kier alpha value is -1.90. The quantitative estimate of drug-likeness (QED) is 0.145. The van der Waals surface area contributed by atoms with Crippen molar-refractivity contribution in [1.82, 2.24) is 4.90 Å². The van der Waals surface area contributed by atoms with Crippen LogP contribution in [0.3, 0.4) is 0 Å². The second-order valence-corrected chi connectivity index (χ2v) is 20.5. The molecule has 4 rings (SSSR count). The van der Waals surface area contributed by atoms with Crippen LogP contribution in [-0.2, 0) is 33.8 Å². The van der Waals surface area contributed by atoms with E-state index in [0.717, 1.165) is 19.3 Å². The van der Waals surface area contributed by atoms with Crippen LogP contribution in [0.2, 0.25) is 0 Å². The van der Waals surface area contributed by atoms with Gasteiger partial charge in [0.2, 0.25) is 11.7 Å². The Morgan fingerprint density at radius 3 is 2.08 bits per heavy atom. The zero-order valence-electron chi connectivity index (χ0n) is 41.0. The van der Waals surface area contributed by atoms with E-state index < -0.39 is 117 Å². The number of carbonyl (C=O) groups is 5. The summed E-state index contributed by atoms with van der Waals surface area (Å²) in [5.74, 6) is -6.99. The molecule has 1 aliphatic heterocycles. The van der Waals surface area contributed by atoms with E-state index in [4.69, 9.17) is 13.7 Å². The lowest BCUT2D eigenvalue weighted by Crippen LogP contribution is -2.51. The van der Waals surface area contributed by atoms with Crippen LogP contribution in [0.1, 0.15) is 166 Å². The first-order chi connectivity index (χ1) is 26.3. The van der Waals surface area contributed by atoms with Crippen molar-refractivity contribution in [3.05, 3.63) is 0 Å². The monoisotopic (exact) mass is 714 g/mol. The van der Waals surface area contributed by atoms with Crippen LogP contribution in [0.5, 0.6) is 0 Å². The first kappa shape index (κ1) is 27.7. The number of hydrogen-bond donors (Lipinski definition) is 0. The van der Waals surface area contributed by atoms with Gasteiger partial charge in [-0.2, -0.15) is 0 Å². The molecule has 5 atom stereocenters. The van der Waals surface area contributed by atoms with E-state index in [1.165, 1.54) is 25.7 Å². The van der Waals surface area contributed by atoms with Gasteiger partial charge >= 0.3 is 0 Å². The van der Waals surface area contributed by atoms with Gasteiger partial charge in [-0.25, -0.2) is 8.42 Å². The van der Waals surface area contributed by atoms with Crippen LogP contribution in [0.4, 0.5) is 0 Å². The number of carbonyl (C=O) groups excluding carboxylic acids is 5. The van der Waals surface area contributed by atoms with Crippen LogP contribution in [-0.4, -0.2) is 65.4 Å². The van der Waals surface area contributed by atoms with Crippen LogP contribution in [0.25, 0.3) is 0 Å². The first-order valence-electron chi connectivity index (χ1n) is 23.0. The van der Waals surface area contributed by atoms with Crippen molar-refractivity contribution in [2.75, 3.05) is 12.3 Å². The maximum atomic E-state index is 14.8. The van der Waals surface area contributed by atoms with Crippen molar-refractivity contribution in [2.45, 2.75) is 163 Å². The topological polar surface area (TPSA) is 123 Å². The highest BCUT2D eigenvalue weighted by molar-refractivity contribution is 7.92. The number of nitrogens with zero attached hydrogens (tertiary/aromatic N) is 1. The van der Waals surface area contributed by atoms with E-state index in [0.29, 0.717) is 12.8 Å². The molecule has 0 bridgehead atoms. The molecule has 4 fully saturated rings. The summed E-state index contributed by atoms with van der Waals surface area (Å²) in [6.07, 6.45) is -18.0. The molecule has 9 heteroatoms. The van der Waals surface area contributed by atoms with Crippen molar-refractivity contribution >= 4 is 38.9 Å². The summed E-state index contributed by atoms with van der Waals surface area (Å²) in [7, 11) is -4.67. The van der Waals surface area contributed by atoms with Gasteiger partial charge < -0.3 is 4.90 Å². The summed E-state index contributed by atoms with van der Waals surface area (Å²) in [6, 6.07) is -0.982. The molecule has 8 nitrogen and oxygen atoms in total. The Morgan fingerprint density at radius 1 is 0.939 bits per heavy atom. The summed E-state index contributed by atoms with van der Waals surface area (Å²) in [4.78, 5) is 71.4. The van der Waals surface area contributed by atoms with E-state index in [1.54, 1.807) is 20.8 Å². The van der Waals surface area contributed by atoms with Gasteiger partial charge in [0.05, 0.1) is 16.5 Å². The SMILES string of the molecule is [2H]C1([2H])C([2H])([2H])C([2H])([2H])C(CC(=O)C[C@H](C(=O)N2CC3C(C2C(=O)C[C@@H](CCCC)C(=O)C(=O)CC2CC2)C3(C)C)C(C)(C)C)(CS(=O)(=O)C(C)(C)C)C([2H])([2H])C1([2H])[2H]. The molecule has 0 spiro atoms. The van der Waals surface area contributed by atoms with Gasteiger partial charge in [-0.1, -0.05) is 73.5 Å². The van der Waals surface area contributed by atoms with Crippen LogP contribution in [0, 0.1) is 45.8 Å². The van der Waals surface area contributed by atoms with E-state index >= 15 is 0 Å². The highest BCUT2D eigenvalue weighted by Gasteiger charge is 2.69. The number of amides is 1. The molecule has 1 saturated heterocycles. The van der Waals surface area contributed by atoms with Gasteiger partial charge in [0.15, 0.2) is 21.4 Å². The highest BCUT2D eigenvalue weighted by atomic mass is 32.2. The lowest BCUT2D eigenvalue weighted by Gasteiger charge is -2.40. The molecule has 4 aliphatic rings. The molecule has 1 heterocycles. The highest BCUT2D eigenvalue weighted by Crippen LogP contribution is 2.65. The Morgan fingerprint density at radius 2 is 1.55 bits per heavy atom. The van der Waals surface area contributed by atoms with E-state index in [2.05, 4.69) is 0 Å². The van der Waals surface area contributed by atoms with Gasteiger partial charge in [0.1, 0.15) is 5.78 Å². The van der Waals surface area contributed by atoms with Crippen molar-refractivity contribution in [3.63, 3.8) is 0 Å². The van der Waals surface area contributed by atoms with Crippen LogP contribution in [0.15, 0.2) is 0 Å². The van der Waals surface area contributed by atoms with Gasteiger partial charge in [-0.15, -0.1) is 0 Å². The van der Waals surface area contributed by atoms with Crippen molar-refractivity contribution in [3.8, 4) is 0 Å². The summed E-state index contributed by atoms with van der Waals surface area (Å²) >= 11 is 0. The maximum Gasteiger partial charge on any atom is 0.227 e. The average molecular weight is 714 g/mol. The fourth-order valence-electron chi connectivity index (χ4n) is 7.65. The van der Waals surface area contributed by atoms with Gasteiger partial charge in [0, 0.05) is 57.8 Å². The molecule has 0 aromatic heterocycles. The number of Topliss-reactive ketones (excluding diaryl/α,β-unsaturated/α-hetero) is 4. The average Bonchev–Trinajstić information content (AvgIpc) is 3.93. The second-order valence-electron chi connectivity index (χ2n) is 17.8. The molecule has 0 aromatic carbocycles. The fourth-order valence-corrected chi connectivity index (χ4v) is 8.98. The van der Waals surface area contributed by atoms with Gasteiger partial charge in [-0.05, 0) is 86.8 Å². The molecular weight excluding hydrogens is 639 g/mol. The standard InChI is InChI=1S/C40H65NO7S/c1-10-11-15-27(35(45)32(44)20-26-16-17-26)21-31(43)34-33-30(39(33,8)9)24-41(34)36(46)29(37(2,3)4)22-28(42)23-40(18-13-12-14-19-40)25-49(47,48)38(5,6)7/h26-27,29-30,33-34H,10-25H2,1-9H3/t27-,29-,30?,33?,34?/m1/s1/i12D2,13D2,14D2,18D2,19D2. The fraction of sp³-hybridized carbons (Fsp3) is 0.875. The van der Waals surface area contributed by atoms with Gasteiger partial charge in [-0.3, -0.25) is 24.0 Å². The predicted octanol–water partition coefficient (Wildman–Crippen LogP) is 7.35. The molecule has 0 N–H and O–H groups in total. The minimum absolute atomic E-state index is 0.0925. The number of sulfone groups is 1. The summed E-state index contributed by atoms with van der Waals surface area (Å²) < 4.78 is 113. The molecule has 278 valence electrons. The third kappa shape index (κ3) is 9.13. The smallest absolute Gasteiger partial charge is 0.227 e. The number of rotatable bonds is 17. The number of ketones is 4. The van der Waals surface area contributed by atoms with Gasteiger partial charge in [0.25, 0.3) is 0 Å². The normalized spacial score (nSPS) is 34.2. The molecule has 3 saturated carbocycles. The summed E-state index contributed by atoms with van der Waals surface area (Å²) in [5, 5.41) is 0. The lowest BCUT2D eigenvalue weighted by molar-refractivity contribution is -0.148. The van der Waals surface area contributed by atoms with Crippen molar-refractivity contribution in [1.29, 1.82) is 0 Å². The van der Waals surface area contributed by atoms with Crippen LogP contribution < -0.4 is 0 Å². The molecule has 1 amide bonds. The number of unbranched alkanes of at least 4 members (excludes halogenated alkanes) is 1. The largest absolute Gasteiger partial charge is 0.332 e. The van der Waals surface area contributed by atoms with Crippen LogP contribution >= 0.6 is 0 Å². The third-order valence-corrected chi connectivity index (χ3v) is 14.1. The minimum Gasteiger partial charge on any atom is -0.332 e. The molecule has 49 heavy (non-hydrogen) atoms. The maximum absolute atomic E-state index is 14.8. The number of likely N-dealkylation sites (tertiary alicyclic amines) is 1. The Balaban J connectivity index is 1.74. The zero-order chi connectivity index (χ0) is 45.7. The predicted molar refractivity (Wildman–Crippen MR) is 192 cm³/mol. The molecule has 0 radical (unpaired) electrons. The number of hydrogen-bond acceptors (Lipinski definition) is 7. The first-order valence-corrected chi connectivity index (χ1v) is 19.6. The van der Waals surface area contributed by atoms with E-state index in [9.17, 15) is 32.4 Å². The van der Waals surface area contributed by atoms with E-state index in [1.807, 2.05) is 20.8 Å². The second kappa shape index (κ2) is 14.6. The summed E-state index contributed by atoms with van der Waals surface area (Å²) in [5.41, 5.74) is -4.71. The molecule has 0 aromatic rings. The Labute approximate surface area is 310 Å². The van der Waals surface area contributed by atoms with Crippen molar-refractivity contribution < 1.29 is 46.1 Å². The summed E-state index contributed by atoms with van der Waals surface area (Å²) in [6.45, 7) is 14.7. The number of fused-ring (bicyclic) bond motifs is 1. The van der Waals surface area contributed by atoms with E-state index in [-0.39, 0.29) is 48.3 Å². The molecule has 3 aliphatic carbocycles. The lowest BCUT2D eigenvalue weighted by atomic mass is 9.70. The third-order valence-electron chi connectivity index (χ3n) is 11.4. The molecule has 3 unspecified atom stereocenters. The molecular formula is C40H65NO7S. The Bertz CT molecular complexity index is 1800. The number of piperidine rings is 1. The Kier molecular flexibility index (Phi) is 8.27. The van der Waals surface area contributed by atoms with Crippen molar-refractivity contribution in [2.24, 2.45) is 45.8 Å². The minimum atomic E-state index is -4.67.